The highest BCUT2D eigenvalue weighted by Crippen LogP contribution is 2.16. The number of rotatable bonds is 5. The summed E-state index contributed by atoms with van der Waals surface area (Å²) in [5, 5.41) is 2.83. The Balaban J connectivity index is 2.81. The fourth-order valence-electron chi connectivity index (χ4n) is 1.43. The molecule has 4 N–H and O–H groups in total. The molecule has 1 rings (SSSR count). The van der Waals surface area contributed by atoms with Crippen LogP contribution >= 0.6 is 0 Å². The van der Waals surface area contributed by atoms with Gasteiger partial charge in [0.05, 0.1) is 16.9 Å². The fourth-order valence-corrected chi connectivity index (χ4v) is 1.43. The zero-order valence-electron chi connectivity index (χ0n) is 11.3. The minimum Gasteiger partial charge on any atom is -0.377 e. The molecular formula is C13H21N3O2. The molecule has 1 amide bonds. The number of nitrogens with one attached hydrogen (secondary N) is 2. The minimum atomic E-state index is -0.393. The van der Waals surface area contributed by atoms with Crippen molar-refractivity contribution in [2.75, 3.05) is 19.1 Å². The molecular weight excluding hydrogens is 230 g/mol. The van der Waals surface area contributed by atoms with E-state index in [-0.39, 0.29) is 5.91 Å². The number of nitrogens with two attached hydrogens (primary N) is 1. The molecule has 1 aromatic rings. The van der Waals surface area contributed by atoms with Crippen LogP contribution in [0.25, 0.3) is 0 Å². The van der Waals surface area contributed by atoms with Gasteiger partial charge in [0.15, 0.2) is 0 Å². The van der Waals surface area contributed by atoms with E-state index in [1.54, 1.807) is 19.2 Å². The first-order valence-electron chi connectivity index (χ1n) is 5.80. The van der Waals surface area contributed by atoms with Gasteiger partial charge in [-0.2, -0.15) is 0 Å². The van der Waals surface area contributed by atoms with Gasteiger partial charge >= 0.3 is 0 Å². The summed E-state index contributed by atoms with van der Waals surface area (Å²) in [7, 11) is 1.62. The molecule has 0 heterocycles. The van der Waals surface area contributed by atoms with E-state index in [1.807, 2.05) is 26.8 Å². The number of hydrogen-bond donors (Lipinski definition) is 3. The van der Waals surface area contributed by atoms with E-state index in [4.69, 9.17) is 10.6 Å². The Labute approximate surface area is 108 Å². The number of methoxy groups -OCH3 is 1. The largest absolute Gasteiger partial charge is 0.377 e. The van der Waals surface area contributed by atoms with Gasteiger partial charge in [0.2, 0.25) is 0 Å². The molecule has 5 nitrogen and oxygen atoms in total. The number of benzene rings is 1. The van der Waals surface area contributed by atoms with E-state index >= 15 is 0 Å². The summed E-state index contributed by atoms with van der Waals surface area (Å²) in [6.07, 6.45) is 0. The zero-order chi connectivity index (χ0) is 13.8. The SMILES string of the molecule is COC(C)(C)CNC(=O)c1cc(C)ccc1NN. The van der Waals surface area contributed by atoms with E-state index in [0.717, 1.165) is 5.56 Å². The van der Waals surface area contributed by atoms with Gasteiger partial charge in [0, 0.05) is 13.7 Å². The minimum absolute atomic E-state index is 0.170. The zero-order valence-corrected chi connectivity index (χ0v) is 11.3. The van der Waals surface area contributed by atoms with Crippen molar-refractivity contribution in [1.29, 1.82) is 0 Å². The lowest BCUT2D eigenvalue weighted by atomic mass is 10.1. The summed E-state index contributed by atoms with van der Waals surface area (Å²) in [5.41, 5.74) is 4.27. The summed E-state index contributed by atoms with van der Waals surface area (Å²) >= 11 is 0. The highest BCUT2D eigenvalue weighted by Gasteiger charge is 2.19. The standard InChI is InChI=1S/C13H21N3O2/c1-9-5-6-11(16-14)10(7-9)12(17)15-8-13(2,3)18-4/h5-7,16H,8,14H2,1-4H3,(H,15,17). The monoisotopic (exact) mass is 251 g/mol. The van der Waals surface area contributed by atoms with Crippen molar-refractivity contribution in [1.82, 2.24) is 5.32 Å². The maximum absolute atomic E-state index is 12.1. The number of hydrogen-bond acceptors (Lipinski definition) is 4. The summed E-state index contributed by atoms with van der Waals surface area (Å²) in [6.45, 7) is 6.17. The van der Waals surface area contributed by atoms with Gasteiger partial charge in [-0.05, 0) is 32.9 Å². The molecule has 5 heteroatoms. The van der Waals surface area contributed by atoms with Crippen molar-refractivity contribution in [2.24, 2.45) is 5.84 Å². The third-order valence-electron chi connectivity index (χ3n) is 2.80. The van der Waals surface area contributed by atoms with Crippen molar-refractivity contribution >= 4 is 11.6 Å². The van der Waals surface area contributed by atoms with Crippen molar-refractivity contribution < 1.29 is 9.53 Å². The predicted octanol–water partition coefficient (Wildman–Crippen LogP) is 1.44. The van der Waals surface area contributed by atoms with Crippen LogP contribution < -0.4 is 16.6 Å². The molecule has 0 aromatic heterocycles. The Morgan fingerprint density at radius 1 is 1.44 bits per heavy atom. The third-order valence-corrected chi connectivity index (χ3v) is 2.80. The van der Waals surface area contributed by atoms with Crippen LogP contribution in [0.1, 0.15) is 29.8 Å². The van der Waals surface area contributed by atoms with Crippen molar-refractivity contribution in [3.63, 3.8) is 0 Å². The van der Waals surface area contributed by atoms with Crippen LogP contribution in [0.2, 0.25) is 0 Å². The summed E-state index contributed by atoms with van der Waals surface area (Å²) in [4.78, 5) is 12.1. The van der Waals surface area contributed by atoms with Gasteiger partial charge in [-0.1, -0.05) is 11.6 Å². The Kier molecular flexibility index (Phi) is 4.69. The molecule has 100 valence electrons. The topological polar surface area (TPSA) is 76.4 Å². The molecule has 18 heavy (non-hydrogen) atoms. The number of amides is 1. The Hall–Kier alpha value is -1.59. The van der Waals surface area contributed by atoms with Crippen LogP contribution in [0, 0.1) is 6.92 Å². The molecule has 0 atom stereocenters. The lowest BCUT2D eigenvalue weighted by molar-refractivity contribution is 0.0229. The van der Waals surface area contributed by atoms with Crippen LogP contribution in [0.15, 0.2) is 18.2 Å². The second-order valence-electron chi connectivity index (χ2n) is 4.84. The Morgan fingerprint density at radius 2 is 2.11 bits per heavy atom. The second-order valence-corrected chi connectivity index (χ2v) is 4.84. The molecule has 0 aliphatic heterocycles. The van der Waals surface area contributed by atoms with Gasteiger partial charge in [-0.25, -0.2) is 0 Å². The molecule has 0 saturated carbocycles. The normalized spacial score (nSPS) is 11.2. The lowest BCUT2D eigenvalue weighted by Gasteiger charge is -2.23. The maximum Gasteiger partial charge on any atom is 0.253 e. The first-order chi connectivity index (χ1) is 8.39. The van der Waals surface area contributed by atoms with E-state index in [2.05, 4.69) is 10.7 Å². The summed E-state index contributed by atoms with van der Waals surface area (Å²) in [6, 6.07) is 5.47. The molecule has 0 bridgehead atoms. The Morgan fingerprint density at radius 3 is 2.67 bits per heavy atom. The van der Waals surface area contributed by atoms with Gasteiger partial charge in [0.25, 0.3) is 5.91 Å². The summed E-state index contributed by atoms with van der Waals surface area (Å²) in [5.74, 6) is 5.22. The number of carbonyl (C=O) groups excluding carboxylic acids is 1. The second kappa shape index (κ2) is 5.84. The van der Waals surface area contributed by atoms with Gasteiger partial charge in [-0.15, -0.1) is 0 Å². The maximum atomic E-state index is 12.1. The van der Waals surface area contributed by atoms with E-state index in [1.165, 1.54) is 0 Å². The predicted molar refractivity (Wildman–Crippen MR) is 72.4 cm³/mol. The van der Waals surface area contributed by atoms with E-state index in [0.29, 0.717) is 17.8 Å². The first kappa shape index (κ1) is 14.5. The molecule has 0 saturated heterocycles. The molecule has 0 aliphatic carbocycles. The number of ether oxygens (including phenoxy) is 1. The molecule has 0 fully saturated rings. The molecule has 1 aromatic carbocycles. The smallest absolute Gasteiger partial charge is 0.253 e. The van der Waals surface area contributed by atoms with Crippen LogP contribution in [0.3, 0.4) is 0 Å². The van der Waals surface area contributed by atoms with Gasteiger partial charge < -0.3 is 15.5 Å². The van der Waals surface area contributed by atoms with Crippen LogP contribution in [0.4, 0.5) is 5.69 Å². The highest BCUT2D eigenvalue weighted by atomic mass is 16.5. The van der Waals surface area contributed by atoms with Crippen LogP contribution in [-0.4, -0.2) is 25.2 Å². The fraction of sp³-hybridized carbons (Fsp3) is 0.462. The number of hydrazine groups is 1. The average Bonchev–Trinajstić information content (AvgIpc) is 2.36. The molecule has 0 aliphatic rings. The van der Waals surface area contributed by atoms with Crippen LogP contribution in [-0.2, 0) is 4.74 Å². The van der Waals surface area contributed by atoms with E-state index < -0.39 is 5.60 Å². The number of nitrogen functional groups attached to an aromatic ring is 1. The quantitative estimate of drug-likeness (QED) is 0.546. The molecule has 0 unspecified atom stereocenters. The van der Waals surface area contributed by atoms with Gasteiger partial charge in [0.1, 0.15) is 0 Å². The number of anilines is 1. The average molecular weight is 251 g/mol. The van der Waals surface area contributed by atoms with Crippen LogP contribution in [0.5, 0.6) is 0 Å². The van der Waals surface area contributed by atoms with Crippen molar-refractivity contribution in [3.8, 4) is 0 Å². The lowest BCUT2D eigenvalue weighted by Crippen LogP contribution is -2.40. The van der Waals surface area contributed by atoms with E-state index in [9.17, 15) is 4.79 Å². The third kappa shape index (κ3) is 3.72. The summed E-state index contributed by atoms with van der Waals surface area (Å²) < 4.78 is 5.25. The first-order valence-corrected chi connectivity index (χ1v) is 5.80. The van der Waals surface area contributed by atoms with Crippen molar-refractivity contribution in [2.45, 2.75) is 26.4 Å². The highest BCUT2D eigenvalue weighted by molar-refractivity contribution is 5.99. The molecule has 0 radical (unpaired) electrons. The van der Waals surface area contributed by atoms with Crippen molar-refractivity contribution in [3.05, 3.63) is 29.3 Å². The number of aryl methyl sites for hydroxylation is 1. The molecule has 0 spiro atoms. The number of carbonyl (C=O) groups is 1. The van der Waals surface area contributed by atoms with Gasteiger partial charge in [-0.3, -0.25) is 10.6 Å². The Bertz CT molecular complexity index is 430.